The van der Waals surface area contributed by atoms with Gasteiger partial charge in [0.05, 0.1) is 56.1 Å². The van der Waals surface area contributed by atoms with Crippen molar-refractivity contribution in [3.8, 4) is 11.8 Å². The van der Waals surface area contributed by atoms with Crippen LogP contribution in [0.3, 0.4) is 0 Å². The average Bonchev–Trinajstić information content (AvgIpc) is 3.28. The number of hydrogen-bond acceptors (Lipinski definition) is 8. The van der Waals surface area contributed by atoms with Crippen LogP contribution in [0.15, 0.2) is 0 Å². The van der Waals surface area contributed by atoms with E-state index in [1.807, 2.05) is 0 Å². The first-order chi connectivity index (χ1) is 28.1. The van der Waals surface area contributed by atoms with Crippen LogP contribution in [0.1, 0.15) is 148 Å². The quantitative estimate of drug-likeness (QED) is 0.103. The molecule has 2 aliphatic heterocycles. The smallest absolute Gasteiger partial charge is 0.150 e. The number of methoxy groups -OCH3 is 1. The summed E-state index contributed by atoms with van der Waals surface area (Å²) < 4.78 is 5.70. The largest absolute Gasteiger partial charge is 0.391 e. The SMILES string of the molecule is COC1CC2CCC(=O)[C@@H]([C@H](O)CCCC[C@H]3C[NH2+][C@@H]4CC(=O)CC[C@H]4C3)C#C[C@@H](C[C@H](O)[C@H](O)C[C@H](C3CC[NH2+]C(N)C3)C3CCC4CCCCC4C3)C2CC1O. The summed E-state index contributed by atoms with van der Waals surface area (Å²) in [6, 6.07) is 0.468. The molecule has 2 heterocycles. The molecule has 10 nitrogen and oxygen atoms in total. The lowest BCUT2D eigenvalue weighted by Crippen LogP contribution is -2.95. The Labute approximate surface area is 349 Å². The van der Waals surface area contributed by atoms with Crippen molar-refractivity contribution in [2.24, 2.45) is 70.8 Å². The highest BCUT2D eigenvalue weighted by Crippen LogP contribution is 2.49. The fourth-order valence-electron chi connectivity index (χ4n) is 13.9. The summed E-state index contributed by atoms with van der Waals surface area (Å²) in [6.07, 6.45) is 17.7. The van der Waals surface area contributed by atoms with Crippen molar-refractivity contribution < 1.29 is 45.4 Å². The number of carbonyl (C=O) groups excluding carboxylic acids is 2. The Hall–Kier alpha value is -1.42. The number of carbonyl (C=O) groups is 2. The summed E-state index contributed by atoms with van der Waals surface area (Å²) >= 11 is 0. The van der Waals surface area contributed by atoms with Crippen molar-refractivity contribution in [1.82, 2.24) is 0 Å². The van der Waals surface area contributed by atoms with Gasteiger partial charge in [-0.05, 0) is 125 Å². The Morgan fingerprint density at radius 3 is 2.41 bits per heavy atom. The second-order valence-electron chi connectivity index (χ2n) is 20.9. The molecule has 0 aromatic rings. The van der Waals surface area contributed by atoms with Gasteiger partial charge in [-0.2, -0.15) is 0 Å². The molecular formula is C48H81N3O7+2. The number of ketones is 2. The summed E-state index contributed by atoms with van der Waals surface area (Å²) in [4.78, 5) is 25.7. The lowest BCUT2D eigenvalue weighted by atomic mass is 9.61. The zero-order chi connectivity index (χ0) is 40.8. The summed E-state index contributed by atoms with van der Waals surface area (Å²) in [5.41, 5.74) is 6.51. The molecule has 6 fully saturated rings. The first-order valence-electron chi connectivity index (χ1n) is 24.3. The van der Waals surface area contributed by atoms with Crippen LogP contribution in [0.4, 0.5) is 0 Å². The summed E-state index contributed by atoms with van der Waals surface area (Å²) in [5.74, 6) is 10.3. The minimum Gasteiger partial charge on any atom is -0.391 e. The van der Waals surface area contributed by atoms with Gasteiger partial charge in [0.2, 0.25) is 0 Å². The van der Waals surface area contributed by atoms with E-state index in [0.717, 1.165) is 76.3 Å². The topological polar surface area (TPSA) is 184 Å². The van der Waals surface area contributed by atoms with Crippen molar-refractivity contribution in [3.05, 3.63) is 0 Å². The molecule has 10 heteroatoms. The lowest BCUT2D eigenvalue weighted by molar-refractivity contribution is -0.711. The number of aliphatic hydroxyl groups excluding tert-OH is 4. The van der Waals surface area contributed by atoms with Crippen LogP contribution < -0.4 is 16.4 Å². The van der Waals surface area contributed by atoms with Gasteiger partial charge in [0.25, 0.3) is 0 Å². The third-order valence-electron chi connectivity index (χ3n) is 17.3. The predicted octanol–water partition coefficient (Wildman–Crippen LogP) is 3.21. The Balaban J connectivity index is 1.00. The monoisotopic (exact) mass is 812 g/mol. The third kappa shape index (κ3) is 11.3. The molecular weight excluding hydrogens is 731 g/mol. The molecule has 9 unspecified atom stereocenters. The maximum Gasteiger partial charge on any atom is 0.150 e. The van der Waals surface area contributed by atoms with Crippen LogP contribution in [-0.4, -0.2) is 94.9 Å². The van der Waals surface area contributed by atoms with Gasteiger partial charge in [0, 0.05) is 44.1 Å². The zero-order valence-corrected chi connectivity index (χ0v) is 35.8. The summed E-state index contributed by atoms with van der Waals surface area (Å²) in [6.45, 7) is 2.09. The average molecular weight is 812 g/mol. The van der Waals surface area contributed by atoms with Crippen molar-refractivity contribution in [2.45, 2.75) is 190 Å². The van der Waals surface area contributed by atoms with E-state index in [1.165, 1.54) is 51.4 Å². The van der Waals surface area contributed by atoms with Gasteiger partial charge >= 0.3 is 0 Å². The number of piperidine rings is 2. The minimum absolute atomic E-state index is 0.0155. The second-order valence-corrected chi connectivity index (χ2v) is 20.9. The van der Waals surface area contributed by atoms with Crippen molar-refractivity contribution in [1.29, 1.82) is 0 Å². The number of quaternary nitrogens is 2. The lowest BCUT2D eigenvalue weighted by Gasteiger charge is -2.45. The first kappa shape index (κ1) is 44.6. The highest BCUT2D eigenvalue weighted by atomic mass is 16.5. The van der Waals surface area contributed by atoms with E-state index in [2.05, 4.69) is 22.5 Å². The van der Waals surface area contributed by atoms with Gasteiger partial charge in [-0.1, -0.05) is 50.4 Å². The van der Waals surface area contributed by atoms with Crippen LogP contribution >= 0.6 is 0 Å². The number of fused-ring (bicyclic) bond motifs is 3. The molecule has 0 aromatic carbocycles. The molecule has 0 bridgehead atoms. The van der Waals surface area contributed by atoms with E-state index in [1.54, 1.807) is 7.11 Å². The van der Waals surface area contributed by atoms with Crippen molar-refractivity contribution in [2.75, 3.05) is 20.2 Å². The number of Topliss-reactive ketones (excluding diaryl/α,β-unsaturated/α-hetero) is 2. The van der Waals surface area contributed by atoms with Gasteiger partial charge < -0.3 is 35.8 Å². The molecule has 7 aliphatic rings. The van der Waals surface area contributed by atoms with E-state index in [9.17, 15) is 30.0 Å². The van der Waals surface area contributed by atoms with Gasteiger partial charge in [-0.3, -0.25) is 15.3 Å². The second kappa shape index (κ2) is 21.1. The molecule has 0 aromatic heterocycles. The van der Waals surface area contributed by atoms with Gasteiger partial charge in [0.1, 0.15) is 23.7 Å². The van der Waals surface area contributed by atoms with Crippen LogP contribution in [-0.2, 0) is 14.3 Å². The highest BCUT2D eigenvalue weighted by Gasteiger charge is 2.45. The Morgan fingerprint density at radius 2 is 1.60 bits per heavy atom. The van der Waals surface area contributed by atoms with Gasteiger partial charge in [0.15, 0.2) is 0 Å². The summed E-state index contributed by atoms with van der Waals surface area (Å²) in [5, 5.41) is 51.2. The van der Waals surface area contributed by atoms with Crippen LogP contribution in [0.5, 0.6) is 0 Å². The number of nitrogens with two attached hydrogens (primary N) is 3. The Bertz CT molecular complexity index is 1400. The van der Waals surface area contributed by atoms with Crippen molar-refractivity contribution >= 4 is 11.6 Å². The minimum atomic E-state index is -0.976. The fraction of sp³-hybridized carbons (Fsp3) is 0.917. The first-order valence-corrected chi connectivity index (χ1v) is 24.3. The number of unbranched alkanes of at least 4 members (excludes halogenated alkanes) is 1. The molecule has 4 saturated carbocycles. The summed E-state index contributed by atoms with van der Waals surface area (Å²) in [7, 11) is 1.63. The molecule has 0 radical (unpaired) electrons. The predicted molar refractivity (Wildman–Crippen MR) is 223 cm³/mol. The molecule has 0 spiro atoms. The normalized spacial score (nSPS) is 41.8. The maximum absolute atomic E-state index is 13.8. The van der Waals surface area contributed by atoms with Crippen LogP contribution in [0, 0.1) is 76.9 Å². The number of hydrogen-bond donors (Lipinski definition) is 7. The third-order valence-corrected chi connectivity index (χ3v) is 17.3. The Morgan fingerprint density at radius 1 is 0.810 bits per heavy atom. The Kier molecular flexibility index (Phi) is 16.2. The van der Waals surface area contributed by atoms with Crippen molar-refractivity contribution in [3.63, 3.8) is 0 Å². The van der Waals surface area contributed by atoms with E-state index in [0.29, 0.717) is 79.9 Å². The van der Waals surface area contributed by atoms with Crippen LogP contribution in [0.25, 0.3) is 0 Å². The standard InChI is InChI=1S/C48H79N3O7/c1-58-47-23-34-14-17-43(54)38(42(53)9-5-2-6-29-20-36-12-15-37(52)25-41(36)51-28-29)16-13-33(40(34)27-46(47)57)22-44(55)45(56)26-39(35-18-19-50-48(49)24-35)32-11-10-30-7-3-4-8-31(30)21-32/h29-36,38-42,44-48,50-51,53,55-57H,2-12,14-15,17-28,49H2,1H3/p+2/t29-,30?,31?,32?,33+,34?,35?,36+,38-,39+,40?,41-,42-,44+,45-,46?,47?,48?/m1/s1. The van der Waals surface area contributed by atoms with E-state index in [4.69, 9.17) is 10.5 Å². The fourth-order valence-corrected chi connectivity index (χ4v) is 13.9. The zero-order valence-electron chi connectivity index (χ0n) is 35.8. The molecule has 18 atom stereocenters. The number of rotatable bonds is 14. The van der Waals surface area contributed by atoms with Gasteiger partial charge in [-0.15, -0.1) is 0 Å². The van der Waals surface area contributed by atoms with E-state index < -0.39 is 30.3 Å². The van der Waals surface area contributed by atoms with Gasteiger partial charge in [-0.25, -0.2) is 0 Å². The van der Waals surface area contributed by atoms with Crippen LogP contribution in [0.2, 0.25) is 0 Å². The number of ether oxygens (including phenoxy) is 1. The molecule has 2 saturated heterocycles. The molecule has 58 heavy (non-hydrogen) atoms. The van der Waals surface area contributed by atoms with E-state index >= 15 is 0 Å². The molecule has 10 N–H and O–H groups in total. The molecule has 0 amide bonds. The highest BCUT2D eigenvalue weighted by molar-refractivity contribution is 5.84. The number of aliphatic hydroxyl groups is 4. The molecule has 5 aliphatic carbocycles. The van der Waals surface area contributed by atoms with E-state index in [-0.39, 0.29) is 42.2 Å². The molecule has 7 rings (SSSR count). The maximum atomic E-state index is 13.8. The molecule has 328 valence electrons.